The van der Waals surface area contributed by atoms with Crippen molar-refractivity contribution >= 4 is 0 Å². The van der Waals surface area contributed by atoms with Gasteiger partial charge in [-0.3, -0.25) is 0 Å². The van der Waals surface area contributed by atoms with E-state index in [1.807, 2.05) is 12.1 Å². The van der Waals surface area contributed by atoms with Gasteiger partial charge in [-0.1, -0.05) is 26.0 Å². The summed E-state index contributed by atoms with van der Waals surface area (Å²) in [7, 11) is 0. The minimum atomic E-state index is 0.572. The van der Waals surface area contributed by atoms with E-state index in [0.29, 0.717) is 6.61 Å². The van der Waals surface area contributed by atoms with Crippen LogP contribution in [0.2, 0.25) is 0 Å². The summed E-state index contributed by atoms with van der Waals surface area (Å²) in [5, 5.41) is 2.37. The Morgan fingerprint density at radius 2 is 2.00 bits per heavy atom. The standard InChI is InChI=1S/C15H23NO/c1-3-5-6-11-16-13-14-7-9-15(10-8-14)17-12-4-2/h4,7-10,16H,2-3,5-6,11-13H2,1H3/p+1. The quantitative estimate of drug-likeness (QED) is 0.515. The molecule has 0 bridgehead atoms. The average molecular weight is 234 g/mol. The van der Waals surface area contributed by atoms with E-state index in [4.69, 9.17) is 4.74 Å². The number of quaternary nitrogens is 1. The monoisotopic (exact) mass is 234 g/mol. The number of hydrogen-bond acceptors (Lipinski definition) is 1. The number of rotatable bonds is 9. The molecule has 0 fully saturated rings. The van der Waals surface area contributed by atoms with Gasteiger partial charge in [0.05, 0.1) is 6.54 Å². The molecule has 0 amide bonds. The van der Waals surface area contributed by atoms with Crippen LogP contribution < -0.4 is 10.1 Å². The molecular weight excluding hydrogens is 210 g/mol. The van der Waals surface area contributed by atoms with Crippen molar-refractivity contribution in [2.75, 3.05) is 13.2 Å². The molecule has 0 aliphatic carbocycles. The fourth-order valence-corrected chi connectivity index (χ4v) is 1.68. The van der Waals surface area contributed by atoms with Crippen LogP contribution in [0.4, 0.5) is 0 Å². The van der Waals surface area contributed by atoms with Crippen LogP contribution in [-0.2, 0) is 6.54 Å². The lowest BCUT2D eigenvalue weighted by Crippen LogP contribution is -2.82. The molecular formula is C15H24NO+. The normalized spacial score (nSPS) is 10.2. The molecule has 2 N–H and O–H groups in total. The third kappa shape index (κ3) is 6.12. The van der Waals surface area contributed by atoms with Crippen molar-refractivity contribution in [2.45, 2.75) is 32.7 Å². The summed E-state index contributed by atoms with van der Waals surface area (Å²) in [6, 6.07) is 8.32. The molecule has 0 spiro atoms. The highest BCUT2D eigenvalue weighted by molar-refractivity contribution is 5.26. The van der Waals surface area contributed by atoms with E-state index in [9.17, 15) is 0 Å². The minimum Gasteiger partial charge on any atom is -0.490 e. The summed E-state index contributed by atoms with van der Waals surface area (Å²) in [5.41, 5.74) is 1.35. The molecule has 0 unspecified atom stereocenters. The van der Waals surface area contributed by atoms with E-state index in [1.54, 1.807) is 6.08 Å². The molecule has 2 heteroatoms. The van der Waals surface area contributed by atoms with Gasteiger partial charge in [0.1, 0.15) is 18.9 Å². The van der Waals surface area contributed by atoms with E-state index in [-0.39, 0.29) is 0 Å². The zero-order chi connectivity index (χ0) is 12.3. The molecule has 0 aliphatic rings. The third-order valence-corrected chi connectivity index (χ3v) is 2.68. The Morgan fingerprint density at radius 3 is 2.65 bits per heavy atom. The van der Waals surface area contributed by atoms with Crippen molar-refractivity contribution in [3.8, 4) is 5.75 Å². The maximum absolute atomic E-state index is 5.44. The first-order valence-electron chi connectivity index (χ1n) is 6.51. The molecule has 1 aromatic rings. The Labute approximate surface area is 105 Å². The Hall–Kier alpha value is -1.28. The SMILES string of the molecule is C=CCOc1ccc(C[NH2+]CCCCC)cc1. The number of unbranched alkanes of at least 4 members (excludes halogenated alkanes) is 2. The van der Waals surface area contributed by atoms with Crippen LogP contribution in [0.1, 0.15) is 31.7 Å². The predicted octanol–water partition coefficient (Wildman–Crippen LogP) is 2.51. The van der Waals surface area contributed by atoms with Gasteiger partial charge >= 0.3 is 0 Å². The molecule has 0 aliphatic heterocycles. The summed E-state index contributed by atoms with van der Waals surface area (Å²) in [6.45, 7) is 8.72. The molecule has 0 heterocycles. The topological polar surface area (TPSA) is 25.8 Å². The van der Waals surface area contributed by atoms with Crippen LogP contribution in [0.15, 0.2) is 36.9 Å². The van der Waals surface area contributed by atoms with E-state index < -0.39 is 0 Å². The highest BCUT2D eigenvalue weighted by atomic mass is 16.5. The first-order chi connectivity index (χ1) is 8.36. The summed E-state index contributed by atoms with van der Waals surface area (Å²) < 4.78 is 5.44. The van der Waals surface area contributed by atoms with Crippen molar-refractivity contribution in [3.63, 3.8) is 0 Å². The largest absolute Gasteiger partial charge is 0.490 e. The molecule has 1 rings (SSSR count). The van der Waals surface area contributed by atoms with Gasteiger partial charge in [0, 0.05) is 5.56 Å². The van der Waals surface area contributed by atoms with E-state index >= 15 is 0 Å². The van der Waals surface area contributed by atoms with Crippen LogP contribution in [0.25, 0.3) is 0 Å². The average Bonchev–Trinajstić information content (AvgIpc) is 2.37. The second-order valence-corrected chi connectivity index (χ2v) is 4.23. The first kappa shape index (κ1) is 13.8. The zero-order valence-electron chi connectivity index (χ0n) is 10.8. The Bertz CT molecular complexity index is 305. The van der Waals surface area contributed by atoms with Crippen molar-refractivity contribution < 1.29 is 10.1 Å². The zero-order valence-corrected chi connectivity index (χ0v) is 10.8. The molecule has 0 saturated heterocycles. The number of ether oxygens (including phenoxy) is 1. The van der Waals surface area contributed by atoms with Gasteiger partial charge in [-0.05, 0) is 37.1 Å². The lowest BCUT2D eigenvalue weighted by Gasteiger charge is -2.05. The maximum Gasteiger partial charge on any atom is 0.119 e. The van der Waals surface area contributed by atoms with Gasteiger partial charge in [-0.25, -0.2) is 0 Å². The van der Waals surface area contributed by atoms with Gasteiger partial charge in [-0.15, -0.1) is 0 Å². The highest BCUT2D eigenvalue weighted by Gasteiger charge is 1.97. The van der Waals surface area contributed by atoms with Gasteiger partial charge in [0.2, 0.25) is 0 Å². The Kier molecular flexibility index (Phi) is 7.15. The Balaban J connectivity index is 2.23. The fraction of sp³-hybridized carbons (Fsp3) is 0.467. The van der Waals surface area contributed by atoms with Crippen LogP contribution in [0.5, 0.6) is 5.75 Å². The molecule has 0 radical (unpaired) electrons. The smallest absolute Gasteiger partial charge is 0.119 e. The lowest BCUT2D eigenvalue weighted by molar-refractivity contribution is -0.671. The highest BCUT2D eigenvalue weighted by Crippen LogP contribution is 2.11. The van der Waals surface area contributed by atoms with Gasteiger partial charge in [0.15, 0.2) is 0 Å². The lowest BCUT2D eigenvalue weighted by atomic mass is 10.2. The molecule has 17 heavy (non-hydrogen) atoms. The van der Waals surface area contributed by atoms with Gasteiger partial charge in [-0.2, -0.15) is 0 Å². The van der Waals surface area contributed by atoms with Gasteiger partial charge < -0.3 is 10.1 Å². The maximum atomic E-state index is 5.44. The Morgan fingerprint density at radius 1 is 1.24 bits per heavy atom. The second-order valence-electron chi connectivity index (χ2n) is 4.23. The van der Waals surface area contributed by atoms with Crippen LogP contribution in [0.3, 0.4) is 0 Å². The molecule has 0 saturated carbocycles. The number of benzene rings is 1. The van der Waals surface area contributed by atoms with Crippen LogP contribution >= 0.6 is 0 Å². The van der Waals surface area contributed by atoms with E-state index in [0.717, 1.165) is 12.3 Å². The fourth-order valence-electron chi connectivity index (χ4n) is 1.68. The van der Waals surface area contributed by atoms with E-state index in [2.05, 4.69) is 31.0 Å². The third-order valence-electron chi connectivity index (χ3n) is 2.68. The molecule has 2 nitrogen and oxygen atoms in total. The first-order valence-corrected chi connectivity index (χ1v) is 6.51. The van der Waals surface area contributed by atoms with Crippen molar-refractivity contribution in [1.82, 2.24) is 0 Å². The molecule has 1 aromatic carbocycles. The summed E-state index contributed by atoms with van der Waals surface area (Å²) in [4.78, 5) is 0. The van der Waals surface area contributed by atoms with Crippen LogP contribution in [0, 0.1) is 0 Å². The van der Waals surface area contributed by atoms with Crippen molar-refractivity contribution in [2.24, 2.45) is 0 Å². The van der Waals surface area contributed by atoms with Crippen molar-refractivity contribution in [3.05, 3.63) is 42.5 Å². The predicted molar refractivity (Wildman–Crippen MR) is 72.2 cm³/mol. The molecule has 0 aromatic heterocycles. The molecule has 94 valence electrons. The summed E-state index contributed by atoms with van der Waals surface area (Å²) >= 11 is 0. The number of nitrogens with two attached hydrogens (primary N) is 1. The summed E-state index contributed by atoms with van der Waals surface area (Å²) in [6.07, 6.45) is 5.71. The van der Waals surface area contributed by atoms with Crippen molar-refractivity contribution in [1.29, 1.82) is 0 Å². The van der Waals surface area contributed by atoms with E-state index in [1.165, 1.54) is 31.4 Å². The van der Waals surface area contributed by atoms with Gasteiger partial charge in [0.25, 0.3) is 0 Å². The summed E-state index contributed by atoms with van der Waals surface area (Å²) in [5.74, 6) is 0.916. The number of hydrogen-bond donors (Lipinski definition) is 1. The van der Waals surface area contributed by atoms with Crippen LogP contribution in [-0.4, -0.2) is 13.2 Å². The molecule has 0 atom stereocenters. The second kappa shape index (κ2) is 8.82. The minimum absolute atomic E-state index is 0.572.